The van der Waals surface area contributed by atoms with Gasteiger partial charge in [0.1, 0.15) is 23.8 Å². The summed E-state index contributed by atoms with van der Waals surface area (Å²) in [5.74, 6) is -0.564. The number of nitrogens with one attached hydrogen (secondary N) is 1. The summed E-state index contributed by atoms with van der Waals surface area (Å²) < 4.78 is 57.4. The molecule has 0 spiro atoms. The average Bonchev–Trinajstić information content (AvgIpc) is 3.11. The molecule has 4 rings (SSSR count). The van der Waals surface area contributed by atoms with E-state index in [-0.39, 0.29) is 23.8 Å². The van der Waals surface area contributed by atoms with Gasteiger partial charge in [-0.2, -0.15) is 0 Å². The average molecular weight is 451 g/mol. The molecule has 2 aromatic rings. The van der Waals surface area contributed by atoms with Crippen LogP contribution < -0.4 is 9.46 Å². The molecule has 0 saturated carbocycles. The van der Waals surface area contributed by atoms with Crippen LogP contribution in [0.5, 0.6) is 5.75 Å². The number of methoxy groups -OCH3 is 1. The van der Waals surface area contributed by atoms with Crippen LogP contribution in [0.1, 0.15) is 24.3 Å². The Morgan fingerprint density at radius 1 is 1.26 bits per heavy atom. The van der Waals surface area contributed by atoms with Gasteiger partial charge in [0.25, 0.3) is 10.0 Å². The number of benzene rings is 2. The van der Waals surface area contributed by atoms with E-state index < -0.39 is 40.1 Å². The lowest BCUT2D eigenvalue weighted by Gasteiger charge is -2.36. The predicted octanol–water partition coefficient (Wildman–Crippen LogP) is 2.18. The van der Waals surface area contributed by atoms with E-state index in [0.717, 1.165) is 17.7 Å². The van der Waals surface area contributed by atoms with E-state index in [0.29, 0.717) is 17.9 Å². The maximum Gasteiger partial charge on any atom is 0.308 e. The second-order valence-corrected chi connectivity index (χ2v) is 9.18. The third-order valence-corrected chi connectivity index (χ3v) is 6.89. The van der Waals surface area contributed by atoms with Crippen LogP contribution in [0, 0.1) is 5.82 Å². The molecule has 4 atom stereocenters. The lowest BCUT2D eigenvalue weighted by Crippen LogP contribution is -2.46. The quantitative estimate of drug-likeness (QED) is 0.648. The van der Waals surface area contributed by atoms with Crippen molar-refractivity contribution in [1.29, 1.82) is 0 Å². The molecule has 8 nitrogen and oxygen atoms in total. The normalized spacial score (nSPS) is 24.6. The van der Waals surface area contributed by atoms with Crippen LogP contribution in [0.3, 0.4) is 0 Å². The molecule has 10 heteroatoms. The summed E-state index contributed by atoms with van der Waals surface area (Å²) in [5.41, 5.74) is 1.09. The van der Waals surface area contributed by atoms with Crippen molar-refractivity contribution in [2.45, 2.75) is 42.0 Å². The minimum Gasteiger partial charge on any atom is -0.487 e. The number of anilines is 1. The number of aliphatic hydroxyl groups is 1. The summed E-state index contributed by atoms with van der Waals surface area (Å²) >= 11 is 0. The van der Waals surface area contributed by atoms with Crippen LogP contribution in [0.15, 0.2) is 47.4 Å². The molecular formula is C21H22FNO7S. The van der Waals surface area contributed by atoms with E-state index in [2.05, 4.69) is 4.72 Å². The highest BCUT2D eigenvalue weighted by molar-refractivity contribution is 7.92. The lowest BCUT2D eigenvalue weighted by atomic mass is 9.84. The molecule has 2 N–H and O–H groups in total. The molecule has 0 aromatic heterocycles. The maximum atomic E-state index is 13.1. The third kappa shape index (κ3) is 4.36. The summed E-state index contributed by atoms with van der Waals surface area (Å²) in [4.78, 5) is 11.6. The van der Waals surface area contributed by atoms with E-state index >= 15 is 0 Å². The first-order valence-corrected chi connectivity index (χ1v) is 11.2. The molecule has 1 fully saturated rings. The highest BCUT2D eigenvalue weighted by Gasteiger charge is 2.46. The number of esters is 1. The Kier molecular flexibility index (Phi) is 5.87. The fourth-order valence-corrected chi connectivity index (χ4v) is 5.10. The number of sulfonamides is 1. The van der Waals surface area contributed by atoms with Gasteiger partial charge < -0.3 is 19.3 Å². The van der Waals surface area contributed by atoms with Gasteiger partial charge in [0.15, 0.2) is 0 Å². The number of carbonyl (C=O) groups excluding carboxylic acids is 1. The second-order valence-electron chi connectivity index (χ2n) is 7.50. The zero-order valence-electron chi connectivity index (χ0n) is 16.7. The molecule has 0 bridgehead atoms. The number of aliphatic hydroxyl groups excluding tert-OH is 1. The highest BCUT2D eigenvalue weighted by Crippen LogP contribution is 2.47. The summed E-state index contributed by atoms with van der Waals surface area (Å²) in [6.45, 7) is -0.281. The molecule has 0 radical (unpaired) electrons. The monoisotopic (exact) mass is 451 g/mol. The van der Waals surface area contributed by atoms with Crippen LogP contribution in [0.25, 0.3) is 0 Å². The van der Waals surface area contributed by atoms with Gasteiger partial charge in [-0.15, -0.1) is 0 Å². The number of hydrogen-bond donors (Lipinski definition) is 2. The Balaban J connectivity index is 1.58. The Bertz CT molecular complexity index is 1070. The zero-order chi connectivity index (χ0) is 22.2. The maximum absolute atomic E-state index is 13.1. The van der Waals surface area contributed by atoms with Crippen LogP contribution >= 0.6 is 0 Å². The minimum absolute atomic E-state index is 0.0441. The second kappa shape index (κ2) is 8.45. The summed E-state index contributed by atoms with van der Waals surface area (Å²) in [6.07, 6.45) is -1.03. The van der Waals surface area contributed by atoms with Gasteiger partial charge in [-0.1, -0.05) is 0 Å². The first-order valence-electron chi connectivity index (χ1n) is 9.73. The van der Waals surface area contributed by atoms with Crippen LogP contribution in [0.2, 0.25) is 0 Å². The van der Waals surface area contributed by atoms with Gasteiger partial charge >= 0.3 is 5.97 Å². The Morgan fingerprint density at radius 3 is 2.68 bits per heavy atom. The van der Waals surface area contributed by atoms with Crippen LogP contribution in [-0.4, -0.2) is 51.5 Å². The first kappa shape index (κ1) is 21.5. The Morgan fingerprint density at radius 2 is 2.00 bits per heavy atom. The Hall–Kier alpha value is -2.69. The zero-order valence-corrected chi connectivity index (χ0v) is 17.5. The van der Waals surface area contributed by atoms with Gasteiger partial charge in [-0.3, -0.25) is 9.52 Å². The molecule has 2 aliphatic heterocycles. The molecule has 166 valence electrons. The van der Waals surface area contributed by atoms with Crippen molar-refractivity contribution in [2.24, 2.45) is 0 Å². The van der Waals surface area contributed by atoms with Crippen molar-refractivity contribution >= 4 is 21.7 Å². The van der Waals surface area contributed by atoms with Crippen LogP contribution in [0.4, 0.5) is 10.1 Å². The van der Waals surface area contributed by atoms with E-state index in [1.807, 2.05) is 0 Å². The summed E-state index contributed by atoms with van der Waals surface area (Å²) in [7, 11) is -2.61. The van der Waals surface area contributed by atoms with E-state index in [1.54, 1.807) is 18.2 Å². The van der Waals surface area contributed by atoms with E-state index in [1.165, 1.54) is 19.2 Å². The molecular weight excluding hydrogens is 429 g/mol. The molecule has 0 amide bonds. The van der Waals surface area contributed by atoms with Gasteiger partial charge in [0.2, 0.25) is 0 Å². The molecule has 0 aliphatic carbocycles. The highest BCUT2D eigenvalue weighted by atomic mass is 32.2. The summed E-state index contributed by atoms with van der Waals surface area (Å²) in [6, 6.07) is 9.42. The van der Waals surface area contributed by atoms with E-state index in [9.17, 15) is 22.7 Å². The van der Waals surface area contributed by atoms with E-state index in [4.69, 9.17) is 14.2 Å². The lowest BCUT2D eigenvalue weighted by molar-refractivity contribution is -0.156. The molecule has 0 unspecified atom stereocenters. The fourth-order valence-electron chi connectivity index (χ4n) is 4.05. The number of ether oxygens (including phenoxy) is 3. The van der Waals surface area contributed by atoms with Crippen molar-refractivity contribution in [3.05, 3.63) is 53.8 Å². The SMILES string of the molecule is COC(=O)C[C@H]1C[C@H]2c3cc(NS(=O)(=O)c4ccc(F)cc4)ccc3O[C@H]2[C@H](CO)O1. The minimum atomic E-state index is -3.91. The molecule has 1 saturated heterocycles. The van der Waals surface area contributed by atoms with Crippen molar-refractivity contribution in [3.8, 4) is 5.75 Å². The molecule has 2 aliphatic rings. The van der Waals surface area contributed by atoms with Crippen molar-refractivity contribution < 1.29 is 36.9 Å². The van der Waals surface area contributed by atoms with Crippen LogP contribution in [-0.2, 0) is 24.3 Å². The van der Waals surface area contributed by atoms with Crippen molar-refractivity contribution in [1.82, 2.24) is 0 Å². The molecule has 2 heterocycles. The van der Waals surface area contributed by atoms with Gasteiger partial charge in [-0.05, 0) is 48.9 Å². The standard InChI is InChI=1S/C21H22FNO7S/c1-28-20(25)10-14-9-17-16-8-13(4-7-18(16)30-21(17)19(11-24)29-14)23-31(26,27)15-5-2-12(22)3-6-15/h2-8,14,17,19,21,23-24H,9-11H2,1H3/t14-,17+,19+,21-/m1/s1. The largest absolute Gasteiger partial charge is 0.487 e. The van der Waals surface area contributed by atoms with Gasteiger partial charge in [0.05, 0.1) is 31.1 Å². The summed E-state index contributed by atoms with van der Waals surface area (Å²) in [5, 5.41) is 9.74. The predicted molar refractivity (Wildman–Crippen MR) is 108 cm³/mol. The van der Waals surface area contributed by atoms with Crippen molar-refractivity contribution in [3.63, 3.8) is 0 Å². The topological polar surface area (TPSA) is 111 Å². The molecule has 31 heavy (non-hydrogen) atoms. The first-order chi connectivity index (χ1) is 14.8. The molecule has 2 aromatic carbocycles. The number of halogens is 1. The van der Waals surface area contributed by atoms with Crippen molar-refractivity contribution in [2.75, 3.05) is 18.4 Å². The number of fused-ring (bicyclic) bond motifs is 3. The number of carbonyl (C=O) groups is 1. The van der Waals surface area contributed by atoms with Gasteiger partial charge in [-0.25, -0.2) is 12.8 Å². The number of rotatable bonds is 6. The third-order valence-electron chi connectivity index (χ3n) is 5.50. The number of hydrogen-bond acceptors (Lipinski definition) is 7. The fraction of sp³-hybridized carbons (Fsp3) is 0.381. The van der Waals surface area contributed by atoms with Gasteiger partial charge in [0, 0.05) is 17.2 Å². The smallest absolute Gasteiger partial charge is 0.308 e. The Labute approximate surface area is 179 Å².